The van der Waals surface area contributed by atoms with Gasteiger partial charge in [0.15, 0.2) is 17.1 Å². The van der Waals surface area contributed by atoms with Gasteiger partial charge in [0.1, 0.15) is 22.9 Å². The standard InChI is InChI=1S/C25H28FN3O8/c1-3-4-29(2)9-16(31)28-14-8-13(26)12-6-10-5-11-7-15(30)19(24(27)36)23(35)25(11,37)22(34)17(10)21(33)18(12)20(14)32/h8,10-11,32-33,35,37H,3-7,9H2,1-2H3,(H2,27,36)(H,28,31)/t10?,11-,25-/m0/s1. The molecule has 37 heavy (non-hydrogen) atoms. The van der Waals surface area contributed by atoms with Crippen LogP contribution in [0.4, 0.5) is 10.1 Å². The number of anilines is 1. The second kappa shape index (κ2) is 9.27. The first kappa shape index (κ1) is 26.3. The van der Waals surface area contributed by atoms with Crippen LogP contribution >= 0.6 is 0 Å². The van der Waals surface area contributed by atoms with E-state index >= 15 is 4.39 Å². The van der Waals surface area contributed by atoms with Gasteiger partial charge in [0.2, 0.25) is 11.7 Å². The van der Waals surface area contributed by atoms with Crippen molar-refractivity contribution in [3.8, 4) is 5.75 Å². The molecule has 7 N–H and O–H groups in total. The van der Waals surface area contributed by atoms with Crippen molar-refractivity contribution in [3.63, 3.8) is 0 Å². The minimum absolute atomic E-state index is 0.0411. The minimum Gasteiger partial charge on any atom is -0.508 e. The van der Waals surface area contributed by atoms with Crippen molar-refractivity contribution >= 4 is 34.8 Å². The van der Waals surface area contributed by atoms with E-state index in [9.17, 15) is 39.6 Å². The van der Waals surface area contributed by atoms with Crippen LogP contribution in [0.5, 0.6) is 5.75 Å². The highest BCUT2D eigenvalue weighted by atomic mass is 19.1. The quantitative estimate of drug-likeness (QED) is 0.234. The maximum absolute atomic E-state index is 15.2. The van der Waals surface area contributed by atoms with Gasteiger partial charge in [-0.2, -0.15) is 0 Å². The van der Waals surface area contributed by atoms with Crippen LogP contribution in [-0.2, 0) is 25.6 Å². The monoisotopic (exact) mass is 517 g/mol. The van der Waals surface area contributed by atoms with Crippen LogP contribution in [-0.4, -0.2) is 74.4 Å². The summed E-state index contributed by atoms with van der Waals surface area (Å²) in [5.41, 5.74) is 0.311. The fourth-order valence-electron chi connectivity index (χ4n) is 5.63. The first-order chi connectivity index (χ1) is 17.3. The predicted octanol–water partition coefficient (Wildman–Crippen LogP) is 0.843. The normalized spacial score (nSPS) is 25.1. The number of aliphatic hydroxyl groups is 3. The number of nitrogens with one attached hydrogen (secondary N) is 1. The number of hydrogen-bond acceptors (Lipinski definition) is 9. The summed E-state index contributed by atoms with van der Waals surface area (Å²) in [6.07, 6.45) is 0.0615. The summed E-state index contributed by atoms with van der Waals surface area (Å²) in [5.74, 6) is -9.42. The Morgan fingerprint density at radius 3 is 2.54 bits per heavy atom. The van der Waals surface area contributed by atoms with Crippen molar-refractivity contribution in [1.29, 1.82) is 0 Å². The van der Waals surface area contributed by atoms with E-state index in [1.54, 1.807) is 11.9 Å². The lowest BCUT2D eigenvalue weighted by Crippen LogP contribution is -2.58. The predicted molar refractivity (Wildman–Crippen MR) is 128 cm³/mol. The van der Waals surface area contributed by atoms with Crippen LogP contribution in [0, 0.1) is 17.7 Å². The number of halogens is 1. The Bertz CT molecular complexity index is 1300. The molecule has 3 aliphatic carbocycles. The third-order valence-corrected chi connectivity index (χ3v) is 7.30. The summed E-state index contributed by atoms with van der Waals surface area (Å²) in [4.78, 5) is 51.7. The van der Waals surface area contributed by atoms with Gasteiger partial charge in [0, 0.05) is 29.5 Å². The molecule has 3 aliphatic rings. The van der Waals surface area contributed by atoms with Crippen LogP contribution < -0.4 is 11.1 Å². The van der Waals surface area contributed by atoms with Crippen LogP contribution in [0.1, 0.15) is 37.3 Å². The number of rotatable bonds is 6. The van der Waals surface area contributed by atoms with Crippen molar-refractivity contribution < 1.29 is 44.0 Å². The third kappa shape index (κ3) is 4.05. The van der Waals surface area contributed by atoms with Crippen molar-refractivity contribution in [2.75, 3.05) is 25.5 Å². The molecule has 0 radical (unpaired) electrons. The maximum Gasteiger partial charge on any atom is 0.255 e. The molecule has 0 heterocycles. The number of hydrogen-bond donors (Lipinski definition) is 6. The van der Waals surface area contributed by atoms with Gasteiger partial charge in [-0.1, -0.05) is 6.92 Å². The Kier molecular flexibility index (Phi) is 6.59. The van der Waals surface area contributed by atoms with Gasteiger partial charge in [0.05, 0.1) is 17.8 Å². The maximum atomic E-state index is 15.2. The minimum atomic E-state index is -2.71. The number of carbonyl (C=O) groups excluding carboxylic acids is 4. The number of amides is 2. The van der Waals surface area contributed by atoms with E-state index < -0.39 is 87.0 Å². The van der Waals surface area contributed by atoms with E-state index in [2.05, 4.69) is 5.32 Å². The highest BCUT2D eigenvalue weighted by molar-refractivity contribution is 6.22. The van der Waals surface area contributed by atoms with Gasteiger partial charge in [-0.3, -0.25) is 24.1 Å². The molecule has 12 heteroatoms. The molecule has 2 amide bonds. The topological polar surface area (TPSA) is 190 Å². The molecule has 1 aromatic carbocycles. The van der Waals surface area contributed by atoms with Crippen molar-refractivity contribution in [2.24, 2.45) is 17.6 Å². The number of fused-ring (bicyclic) bond motifs is 3. The van der Waals surface area contributed by atoms with E-state index in [1.165, 1.54) is 0 Å². The van der Waals surface area contributed by atoms with Gasteiger partial charge in [-0.05, 0) is 38.8 Å². The summed E-state index contributed by atoms with van der Waals surface area (Å²) < 4.78 is 15.2. The van der Waals surface area contributed by atoms with E-state index in [1.807, 2.05) is 6.92 Å². The van der Waals surface area contributed by atoms with Gasteiger partial charge in [-0.25, -0.2) is 4.39 Å². The fraction of sp³-hybridized carbons (Fsp3) is 0.440. The zero-order chi connectivity index (χ0) is 27.4. The zero-order valence-corrected chi connectivity index (χ0v) is 20.3. The number of aliphatic hydroxyl groups excluding tert-OH is 2. The van der Waals surface area contributed by atoms with E-state index in [-0.39, 0.29) is 30.6 Å². The molecule has 198 valence electrons. The second-order valence-electron chi connectivity index (χ2n) is 9.80. The average molecular weight is 518 g/mol. The number of phenols is 1. The van der Waals surface area contributed by atoms with Gasteiger partial charge < -0.3 is 31.5 Å². The fourth-order valence-corrected chi connectivity index (χ4v) is 5.63. The summed E-state index contributed by atoms with van der Waals surface area (Å²) >= 11 is 0. The number of nitrogens with zero attached hydrogens (tertiary/aromatic N) is 1. The number of primary amides is 1. The molecule has 0 aliphatic heterocycles. The zero-order valence-electron chi connectivity index (χ0n) is 20.3. The number of likely N-dealkylation sites (N-methyl/N-ethyl adjacent to an activating group) is 1. The molecule has 1 saturated carbocycles. The Morgan fingerprint density at radius 1 is 1.24 bits per heavy atom. The van der Waals surface area contributed by atoms with Crippen LogP contribution in [0.25, 0.3) is 5.76 Å². The smallest absolute Gasteiger partial charge is 0.255 e. The number of nitrogens with two attached hydrogens (primary N) is 1. The van der Waals surface area contributed by atoms with Gasteiger partial charge in [-0.15, -0.1) is 0 Å². The van der Waals surface area contributed by atoms with E-state index in [0.29, 0.717) is 6.54 Å². The summed E-state index contributed by atoms with van der Waals surface area (Å²) in [5, 5.41) is 46.1. The molecule has 3 atom stereocenters. The Balaban J connectivity index is 1.79. The van der Waals surface area contributed by atoms with Gasteiger partial charge >= 0.3 is 0 Å². The first-order valence-corrected chi connectivity index (χ1v) is 11.8. The Hall–Kier alpha value is -3.77. The lowest BCUT2D eigenvalue weighted by Gasteiger charge is -2.46. The van der Waals surface area contributed by atoms with Crippen LogP contribution in [0.15, 0.2) is 23.0 Å². The number of benzene rings is 1. The second-order valence-corrected chi connectivity index (χ2v) is 9.80. The number of phenolic OH excluding ortho intramolecular Hbond substituents is 1. The molecule has 11 nitrogen and oxygen atoms in total. The number of carbonyl (C=O) groups is 4. The van der Waals surface area contributed by atoms with Gasteiger partial charge in [0.25, 0.3) is 5.91 Å². The van der Waals surface area contributed by atoms with Crippen molar-refractivity contribution in [2.45, 2.75) is 38.2 Å². The largest absolute Gasteiger partial charge is 0.508 e. The molecular formula is C25H28FN3O8. The molecular weight excluding hydrogens is 489 g/mol. The van der Waals surface area contributed by atoms with Crippen molar-refractivity contribution in [3.05, 3.63) is 39.9 Å². The highest BCUT2D eigenvalue weighted by Crippen LogP contribution is 2.53. The third-order valence-electron chi connectivity index (χ3n) is 7.30. The lowest BCUT2D eigenvalue weighted by molar-refractivity contribution is -0.147. The summed E-state index contributed by atoms with van der Waals surface area (Å²) in [6.45, 7) is 2.52. The van der Waals surface area contributed by atoms with Crippen LogP contribution in [0.2, 0.25) is 0 Å². The molecule has 0 aromatic heterocycles. The highest BCUT2D eigenvalue weighted by Gasteiger charge is 2.60. The van der Waals surface area contributed by atoms with E-state index in [4.69, 9.17) is 5.73 Å². The Morgan fingerprint density at radius 2 is 1.92 bits per heavy atom. The molecule has 1 fully saturated rings. The molecule has 0 spiro atoms. The van der Waals surface area contributed by atoms with Crippen molar-refractivity contribution in [1.82, 2.24) is 4.90 Å². The summed E-state index contributed by atoms with van der Waals surface area (Å²) in [6, 6.07) is 0.920. The molecule has 1 unspecified atom stereocenters. The first-order valence-electron chi connectivity index (χ1n) is 11.8. The number of aromatic hydroxyl groups is 1. The molecule has 1 aromatic rings. The number of Topliss-reactive ketones (excluding diaryl/α,β-unsaturated/α-hetero) is 2. The lowest BCUT2D eigenvalue weighted by atomic mass is 9.59. The van der Waals surface area contributed by atoms with Crippen LogP contribution in [0.3, 0.4) is 0 Å². The summed E-state index contributed by atoms with van der Waals surface area (Å²) in [7, 11) is 1.71. The molecule has 0 bridgehead atoms. The SMILES string of the molecule is CCCN(C)CC(=O)Nc1cc(F)c2c(c1O)C(O)=C1C(=O)[C@]3(O)C(O)=C(C(N)=O)C(=O)C[C@@H]3CC1C2. The average Bonchev–Trinajstić information content (AvgIpc) is 2.79. The van der Waals surface area contributed by atoms with E-state index in [0.717, 1.165) is 12.5 Å². The number of ketones is 2. The Labute approximate surface area is 211 Å². The molecule has 0 saturated heterocycles. The molecule has 4 rings (SSSR count).